The molecule has 0 aliphatic rings. The fraction of sp³-hybridized carbons (Fsp3) is 0.600. The number of alkyl halides is 3. The Bertz CT molecular complexity index is 301. The van der Waals surface area contributed by atoms with Gasteiger partial charge in [-0.3, -0.25) is 11.3 Å². The van der Waals surface area contributed by atoms with Crippen molar-refractivity contribution in [3.8, 4) is 0 Å². The maximum Gasteiger partial charge on any atom is 0.411 e. The van der Waals surface area contributed by atoms with Crippen LogP contribution in [0.5, 0.6) is 0 Å². The average Bonchev–Trinajstić information content (AvgIpc) is 2.73. The molecule has 0 radical (unpaired) electrons. The first-order valence-corrected chi connectivity index (χ1v) is 5.13. The van der Waals surface area contributed by atoms with E-state index in [9.17, 15) is 13.2 Å². The standard InChI is InChI=1S/C10H15F3N2O2/c11-10(12,13)7-17-4-2-9(15-14)5-8-1-3-16-6-8/h1,3,6,9,15H,2,4-5,7,14H2. The first-order chi connectivity index (χ1) is 8.01. The Morgan fingerprint density at radius 1 is 1.47 bits per heavy atom. The van der Waals surface area contributed by atoms with Gasteiger partial charge in [0.05, 0.1) is 12.5 Å². The first-order valence-electron chi connectivity index (χ1n) is 5.13. The highest BCUT2D eigenvalue weighted by molar-refractivity contribution is 5.07. The van der Waals surface area contributed by atoms with Gasteiger partial charge in [0.25, 0.3) is 0 Å². The van der Waals surface area contributed by atoms with Crippen molar-refractivity contribution in [3.63, 3.8) is 0 Å². The Labute approximate surface area is 96.9 Å². The van der Waals surface area contributed by atoms with E-state index in [4.69, 9.17) is 10.3 Å². The van der Waals surface area contributed by atoms with E-state index >= 15 is 0 Å². The number of hydrazine groups is 1. The predicted octanol–water partition coefficient (Wildman–Crippen LogP) is 1.62. The number of furan rings is 1. The molecule has 3 N–H and O–H groups in total. The average molecular weight is 252 g/mol. The fourth-order valence-electron chi connectivity index (χ4n) is 1.35. The van der Waals surface area contributed by atoms with Gasteiger partial charge in [-0.25, -0.2) is 0 Å². The summed E-state index contributed by atoms with van der Waals surface area (Å²) in [4.78, 5) is 0. The van der Waals surface area contributed by atoms with Crippen LogP contribution in [0.1, 0.15) is 12.0 Å². The molecule has 0 saturated carbocycles. The molecule has 0 bridgehead atoms. The highest BCUT2D eigenvalue weighted by Crippen LogP contribution is 2.14. The number of halogens is 3. The molecule has 0 saturated heterocycles. The minimum Gasteiger partial charge on any atom is -0.472 e. The van der Waals surface area contributed by atoms with Crippen LogP contribution in [0, 0.1) is 0 Å². The van der Waals surface area contributed by atoms with Gasteiger partial charge < -0.3 is 9.15 Å². The predicted molar refractivity (Wildman–Crippen MR) is 55.0 cm³/mol. The third-order valence-electron chi connectivity index (χ3n) is 2.17. The molecule has 1 aromatic rings. The van der Waals surface area contributed by atoms with Gasteiger partial charge in [-0.1, -0.05) is 0 Å². The van der Waals surface area contributed by atoms with E-state index in [2.05, 4.69) is 10.2 Å². The SMILES string of the molecule is NNC(CCOCC(F)(F)F)Cc1ccoc1. The van der Waals surface area contributed by atoms with E-state index in [1.165, 1.54) is 6.26 Å². The first kappa shape index (κ1) is 14.0. The van der Waals surface area contributed by atoms with E-state index in [0.717, 1.165) is 5.56 Å². The van der Waals surface area contributed by atoms with Crippen LogP contribution in [0.25, 0.3) is 0 Å². The third-order valence-corrected chi connectivity index (χ3v) is 2.17. The summed E-state index contributed by atoms with van der Waals surface area (Å²) in [5, 5.41) is 0. The number of ether oxygens (including phenoxy) is 1. The lowest BCUT2D eigenvalue weighted by atomic mass is 10.1. The van der Waals surface area contributed by atoms with Crippen molar-refractivity contribution in [2.45, 2.75) is 25.1 Å². The van der Waals surface area contributed by atoms with E-state index < -0.39 is 12.8 Å². The van der Waals surface area contributed by atoms with Crippen LogP contribution in [0.2, 0.25) is 0 Å². The van der Waals surface area contributed by atoms with Crippen molar-refractivity contribution < 1.29 is 22.3 Å². The monoisotopic (exact) mass is 252 g/mol. The quantitative estimate of drug-likeness (QED) is 0.440. The fourth-order valence-corrected chi connectivity index (χ4v) is 1.35. The number of hydrogen-bond donors (Lipinski definition) is 2. The summed E-state index contributed by atoms with van der Waals surface area (Å²) in [5.74, 6) is 5.30. The maximum atomic E-state index is 11.8. The van der Waals surface area contributed by atoms with Crippen molar-refractivity contribution in [3.05, 3.63) is 24.2 Å². The molecule has 0 aliphatic carbocycles. The number of hydrogen-bond acceptors (Lipinski definition) is 4. The van der Waals surface area contributed by atoms with Crippen LogP contribution in [0.15, 0.2) is 23.0 Å². The van der Waals surface area contributed by atoms with Crippen molar-refractivity contribution in [1.29, 1.82) is 0 Å². The molecule has 1 atom stereocenters. The van der Waals surface area contributed by atoms with Crippen molar-refractivity contribution >= 4 is 0 Å². The highest BCUT2D eigenvalue weighted by Gasteiger charge is 2.27. The molecular weight excluding hydrogens is 237 g/mol. The number of nitrogens with one attached hydrogen (secondary N) is 1. The molecule has 1 heterocycles. The van der Waals surface area contributed by atoms with Crippen molar-refractivity contribution in [2.75, 3.05) is 13.2 Å². The Balaban J connectivity index is 2.19. The van der Waals surface area contributed by atoms with Crippen LogP contribution in [0.3, 0.4) is 0 Å². The molecule has 7 heteroatoms. The van der Waals surface area contributed by atoms with E-state index in [-0.39, 0.29) is 12.6 Å². The van der Waals surface area contributed by atoms with Gasteiger partial charge >= 0.3 is 6.18 Å². The molecule has 17 heavy (non-hydrogen) atoms. The molecule has 98 valence electrons. The van der Waals surface area contributed by atoms with Crippen molar-refractivity contribution in [1.82, 2.24) is 5.43 Å². The lowest BCUT2D eigenvalue weighted by Gasteiger charge is -2.15. The second-order valence-electron chi connectivity index (χ2n) is 3.66. The Kier molecular flexibility index (Phi) is 5.46. The molecule has 0 amide bonds. The summed E-state index contributed by atoms with van der Waals surface area (Å²) < 4.78 is 44.8. The summed E-state index contributed by atoms with van der Waals surface area (Å²) in [6.07, 6.45) is -0.194. The minimum atomic E-state index is -4.28. The Morgan fingerprint density at radius 2 is 2.24 bits per heavy atom. The largest absolute Gasteiger partial charge is 0.472 e. The van der Waals surface area contributed by atoms with Gasteiger partial charge in [0.1, 0.15) is 6.61 Å². The molecule has 1 aromatic heterocycles. The minimum absolute atomic E-state index is 0.00618. The summed E-state index contributed by atoms with van der Waals surface area (Å²) in [7, 11) is 0. The zero-order valence-electron chi connectivity index (χ0n) is 9.17. The van der Waals surface area contributed by atoms with Gasteiger partial charge in [0.2, 0.25) is 0 Å². The lowest BCUT2D eigenvalue weighted by Crippen LogP contribution is -2.37. The van der Waals surface area contributed by atoms with E-state index in [1.54, 1.807) is 12.3 Å². The molecular formula is C10H15F3N2O2. The molecule has 0 aliphatic heterocycles. The number of rotatable bonds is 7. The van der Waals surface area contributed by atoms with Crippen molar-refractivity contribution in [2.24, 2.45) is 5.84 Å². The van der Waals surface area contributed by atoms with Crippen LogP contribution < -0.4 is 11.3 Å². The van der Waals surface area contributed by atoms with Gasteiger partial charge in [-0.15, -0.1) is 0 Å². The summed E-state index contributed by atoms with van der Waals surface area (Å²) in [6, 6.07) is 1.64. The van der Waals surface area contributed by atoms with Crippen LogP contribution >= 0.6 is 0 Å². The second-order valence-corrected chi connectivity index (χ2v) is 3.66. The maximum absolute atomic E-state index is 11.8. The van der Waals surface area contributed by atoms with Gasteiger partial charge in [-0.05, 0) is 24.5 Å². The summed E-state index contributed by atoms with van der Waals surface area (Å²) in [5.41, 5.74) is 3.47. The normalized spacial score (nSPS) is 13.9. The summed E-state index contributed by atoms with van der Waals surface area (Å²) in [6.45, 7) is -1.22. The number of nitrogens with two attached hydrogens (primary N) is 1. The third kappa shape index (κ3) is 6.30. The smallest absolute Gasteiger partial charge is 0.411 e. The van der Waals surface area contributed by atoms with Crippen LogP contribution in [-0.4, -0.2) is 25.4 Å². The zero-order chi connectivity index (χ0) is 12.7. The van der Waals surface area contributed by atoms with Crippen LogP contribution in [-0.2, 0) is 11.2 Å². The summed E-state index contributed by atoms with van der Waals surface area (Å²) >= 11 is 0. The topological polar surface area (TPSA) is 60.4 Å². The molecule has 0 spiro atoms. The zero-order valence-corrected chi connectivity index (χ0v) is 9.17. The van der Waals surface area contributed by atoms with Gasteiger partial charge in [0.15, 0.2) is 0 Å². The molecule has 1 rings (SSSR count). The highest BCUT2D eigenvalue weighted by atomic mass is 19.4. The van der Waals surface area contributed by atoms with Gasteiger partial charge in [-0.2, -0.15) is 13.2 Å². The van der Waals surface area contributed by atoms with E-state index in [0.29, 0.717) is 12.8 Å². The van der Waals surface area contributed by atoms with Gasteiger partial charge in [0, 0.05) is 12.6 Å². The second kappa shape index (κ2) is 6.63. The Morgan fingerprint density at radius 3 is 2.76 bits per heavy atom. The molecule has 0 aromatic carbocycles. The van der Waals surface area contributed by atoms with E-state index in [1.807, 2.05) is 0 Å². The molecule has 4 nitrogen and oxygen atoms in total. The molecule has 0 fully saturated rings. The lowest BCUT2D eigenvalue weighted by molar-refractivity contribution is -0.174. The molecule has 1 unspecified atom stereocenters. The van der Waals surface area contributed by atoms with Crippen LogP contribution in [0.4, 0.5) is 13.2 Å². The Hall–Kier alpha value is -1.05.